The molecule has 2 aromatic rings. The second-order valence-electron chi connectivity index (χ2n) is 4.26. The number of H-pyrrole nitrogens is 1. The van der Waals surface area contributed by atoms with Gasteiger partial charge in [-0.2, -0.15) is 0 Å². The molecule has 1 aliphatic carbocycles. The molecule has 0 unspecified atom stereocenters. The summed E-state index contributed by atoms with van der Waals surface area (Å²) in [6.45, 7) is 2.12. The number of aromatic nitrogens is 1. The van der Waals surface area contributed by atoms with Crippen molar-refractivity contribution in [3.05, 3.63) is 29.5 Å². The lowest BCUT2D eigenvalue weighted by atomic mass is 10.1. The Morgan fingerprint density at radius 2 is 2.14 bits per heavy atom. The molecule has 1 aliphatic rings. The van der Waals surface area contributed by atoms with Gasteiger partial charge in [0.25, 0.3) is 0 Å². The van der Waals surface area contributed by atoms with Crippen LogP contribution in [0.1, 0.15) is 30.0 Å². The fourth-order valence-electron chi connectivity index (χ4n) is 2.02. The molecule has 1 fully saturated rings. The van der Waals surface area contributed by atoms with E-state index in [0.717, 1.165) is 11.6 Å². The predicted octanol–water partition coefficient (Wildman–Crippen LogP) is 2.94. The van der Waals surface area contributed by atoms with Crippen molar-refractivity contribution in [3.8, 4) is 0 Å². The SMILES string of the molecule is Cc1ccc(N)c2cc(C3CC3)[nH]c12. The van der Waals surface area contributed by atoms with Crippen molar-refractivity contribution in [2.24, 2.45) is 0 Å². The monoisotopic (exact) mass is 186 g/mol. The molecule has 1 heterocycles. The van der Waals surface area contributed by atoms with Crippen LogP contribution in [0.25, 0.3) is 10.9 Å². The minimum atomic E-state index is 0.765. The number of aryl methyl sites for hydroxylation is 1. The number of nitrogens with one attached hydrogen (secondary N) is 1. The van der Waals surface area contributed by atoms with Gasteiger partial charge < -0.3 is 10.7 Å². The van der Waals surface area contributed by atoms with Crippen LogP contribution < -0.4 is 5.73 Å². The third-order valence-electron chi connectivity index (χ3n) is 3.07. The Balaban J connectivity index is 2.30. The fraction of sp³-hybridized carbons (Fsp3) is 0.333. The number of anilines is 1. The normalized spacial score (nSPS) is 16.4. The van der Waals surface area contributed by atoms with E-state index in [2.05, 4.69) is 24.0 Å². The van der Waals surface area contributed by atoms with Crippen LogP contribution in [0, 0.1) is 6.92 Å². The van der Waals surface area contributed by atoms with Crippen molar-refractivity contribution in [2.75, 3.05) is 5.73 Å². The number of rotatable bonds is 1. The maximum Gasteiger partial charge on any atom is 0.0506 e. The molecular formula is C12H14N2. The third kappa shape index (κ3) is 1.03. The maximum atomic E-state index is 5.94. The largest absolute Gasteiger partial charge is 0.398 e. The molecule has 0 amide bonds. The summed E-state index contributed by atoms with van der Waals surface area (Å²) in [5, 5.41) is 1.19. The Labute approximate surface area is 83.1 Å². The lowest BCUT2D eigenvalue weighted by Crippen LogP contribution is -1.86. The molecule has 14 heavy (non-hydrogen) atoms. The molecule has 0 aliphatic heterocycles. The highest BCUT2D eigenvalue weighted by Crippen LogP contribution is 2.41. The van der Waals surface area contributed by atoms with Crippen molar-refractivity contribution in [1.29, 1.82) is 0 Å². The molecule has 0 atom stereocenters. The molecule has 1 aromatic heterocycles. The van der Waals surface area contributed by atoms with E-state index < -0.39 is 0 Å². The molecule has 1 saturated carbocycles. The van der Waals surface area contributed by atoms with Crippen molar-refractivity contribution in [3.63, 3.8) is 0 Å². The first-order valence-electron chi connectivity index (χ1n) is 5.13. The van der Waals surface area contributed by atoms with Crippen LogP contribution in [-0.4, -0.2) is 4.98 Å². The summed E-state index contributed by atoms with van der Waals surface area (Å²) in [5.74, 6) is 0.765. The molecule has 2 heteroatoms. The zero-order valence-corrected chi connectivity index (χ0v) is 8.30. The van der Waals surface area contributed by atoms with Gasteiger partial charge in [-0.1, -0.05) is 6.07 Å². The second kappa shape index (κ2) is 2.53. The number of fused-ring (bicyclic) bond motifs is 1. The summed E-state index contributed by atoms with van der Waals surface area (Å²) in [5.41, 5.74) is 10.7. The number of nitrogens with two attached hydrogens (primary N) is 1. The van der Waals surface area contributed by atoms with Crippen LogP contribution >= 0.6 is 0 Å². The number of hydrogen-bond acceptors (Lipinski definition) is 1. The highest BCUT2D eigenvalue weighted by atomic mass is 14.7. The first kappa shape index (κ1) is 7.92. The lowest BCUT2D eigenvalue weighted by Gasteiger charge is -1.98. The Morgan fingerprint density at radius 3 is 2.79 bits per heavy atom. The van der Waals surface area contributed by atoms with Crippen molar-refractivity contribution < 1.29 is 0 Å². The van der Waals surface area contributed by atoms with E-state index in [1.807, 2.05) is 6.07 Å². The van der Waals surface area contributed by atoms with E-state index in [-0.39, 0.29) is 0 Å². The Hall–Kier alpha value is -1.44. The molecule has 0 radical (unpaired) electrons. The molecule has 0 bridgehead atoms. The number of benzene rings is 1. The molecule has 1 aromatic carbocycles. The number of hydrogen-bond donors (Lipinski definition) is 2. The van der Waals surface area contributed by atoms with Crippen LogP contribution in [0.3, 0.4) is 0 Å². The molecule has 2 nitrogen and oxygen atoms in total. The van der Waals surface area contributed by atoms with E-state index in [1.165, 1.54) is 35.0 Å². The summed E-state index contributed by atoms with van der Waals surface area (Å²) in [7, 11) is 0. The maximum absolute atomic E-state index is 5.94. The van der Waals surface area contributed by atoms with Gasteiger partial charge in [0, 0.05) is 16.8 Å². The van der Waals surface area contributed by atoms with Crippen LogP contribution in [0.2, 0.25) is 0 Å². The highest BCUT2D eigenvalue weighted by molar-refractivity contribution is 5.93. The molecular weight excluding hydrogens is 172 g/mol. The van der Waals surface area contributed by atoms with Gasteiger partial charge in [-0.15, -0.1) is 0 Å². The molecule has 72 valence electrons. The third-order valence-corrected chi connectivity index (χ3v) is 3.07. The first-order valence-corrected chi connectivity index (χ1v) is 5.13. The van der Waals surface area contributed by atoms with Crippen LogP contribution in [0.5, 0.6) is 0 Å². The fourth-order valence-corrected chi connectivity index (χ4v) is 2.02. The topological polar surface area (TPSA) is 41.8 Å². The highest BCUT2D eigenvalue weighted by Gasteiger charge is 2.25. The van der Waals surface area contributed by atoms with Gasteiger partial charge in [-0.3, -0.25) is 0 Å². The van der Waals surface area contributed by atoms with Crippen LogP contribution in [0.4, 0.5) is 5.69 Å². The van der Waals surface area contributed by atoms with Gasteiger partial charge in [-0.25, -0.2) is 0 Å². The Kier molecular flexibility index (Phi) is 1.43. The minimum Gasteiger partial charge on any atom is -0.398 e. The van der Waals surface area contributed by atoms with Crippen LogP contribution in [0.15, 0.2) is 18.2 Å². The Bertz CT molecular complexity index is 453. The smallest absolute Gasteiger partial charge is 0.0506 e. The molecule has 0 saturated heterocycles. The van der Waals surface area contributed by atoms with Gasteiger partial charge >= 0.3 is 0 Å². The number of aromatic amines is 1. The zero-order valence-electron chi connectivity index (χ0n) is 8.30. The van der Waals surface area contributed by atoms with E-state index in [0.29, 0.717) is 0 Å². The lowest BCUT2D eigenvalue weighted by molar-refractivity contribution is 1.06. The van der Waals surface area contributed by atoms with Gasteiger partial charge in [-0.05, 0) is 43.4 Å². The van der Waals surface area contributed by atoms with Gasteiger partial charge in [0.2, 0.25) is 0 Å². The molecule has 0 spiro atoms. The summed E-state index contributed by atoms with van der Waals surface area (Å²) >= 11 is 0. The van der Waals surface area contributed by atoms with Gasteiger partial charge in [0.1, 0.15) is 0 Å². The van der Waals surface area contributed by atoms with Crippen molar-refractivity contribution in [1.82, 2.24) is 4.98 Å². The first-order chi connectivity index (χ1) is 6.75. The molecule has 3 rings (SSSR count). The second-order valence-corrected chi connectivity index (χ2v) is 4.26. The van der Waals surface area contributed by atoms with Gasteiger partial charge in [0.05, 0.1) is 5.52 Å². The van der Waals surface area contributed by atoms with Crippen molar-refractivity contribution in [2.45, 2.75) is 25.7 Å². The van der Waals surface area contributed by atoms with Crippen molar-refractivity contribution >= 4 is 16.6 Å². The average Bonchev–Trinajstić information content (AvgIpc) is 2.92. The van der Waals surface area contributed by atoms with Crippen LogP contribution in [-0.2, 0) is 0 Å². The summed E-state index contributed by atoms with van der Waals surface area (Å²) in [6, 6.07) is 6.28. The van der Waals surface area contributed by atoms with E-state index in [4.69, 9.17) is 5.73 Å². The summed E-state index contributed by atoms with van der Waals surface area (Å²) in [6.07, 6.45) is 2.65. The summed E-state index contributed by atoms with van der Waals surface area (Å²) in [4.78, 5) is 3.49. The standard InChI is InChI=1S/C12H14N2/c1-7-2-5-10(13)9-6-11(8-3-4-8)14-12(7)9/h2,5-6,8,14H,3-4,13H2,1H3. The minimum absolute atomic E-state index is 0.765. The van der Waals surface area contributed by atoms with E-state index >= 15 is 0 Å². The zero-order chi connectivity index (χ0) is 9.71. The molecule has 3 N–H and O–H groups in total. The van der Waals surface area contributed by atoms with E-state index in [1.54, 1.807) is 0 Å². The van der Waals surface area contributed by atoms with E-state index in [9.17, 15) is 0 Å². The average molecular weight is 186 g/mol. The Morgan fingerprint density at radius 1 is 1.36 bits per heavy atom. The predicted molar refractivity (Wildman–Crippen MR) is 59.4 cm³/mol. The summed E-state index contributed by atoms with van der Waals surface area (Å²) < 4.78 is 0. The quantitative estimate of drug-likeness (QED) is 0.660. The number of nitrogen functional groups attached to an aromatic ring is 1. The van der Waals surface area contributed by atoms with Gasteiger partial charge in [0.15, 0.2) is 0 Å².